The van der Waals surface area contributed by atoms with Crippen molar-refractivity contribution in [3.63, 3.8) is 0 Å². The van der Waals surface area contributed by atoms with Gasteiger partial charge in [0.15, 0.2) is 0 Å². The molecule has 0 aliphatic heterocycles. The van der Waals surface area contributed by atoms with Crippen LogP contribution in [0.4, 0.5) is 5.00 Å². The Bertz CT molecular complexity index is 1070. The molecule has 0 aliphatic carbocycles. The Morgan fingerprint density at radius 1 is 0.875 bits per heavy atom. The van der Waals surface area contributed by atoms with Crippen LogP contribution in [0, 0.1) is 25.2 Å². The number of hydrogen-bond acceptors (Lipinski definition) is 4. The van der Waals surface area contributed by atoms with Crippen molar-refractivity contribution in [3.8, 4) is 6.07 Å². The fourth-order valence-electron chi connectivity index (χ4n) is 4.00. The lowest BCUT2D eigenvalue weighted by Gasteiger charge is -2.28. The molecule has 3 rings (SSSR count). The summed E-state index contributed by atoms with van der Waals surface area (Å²) in [5.74, 6) is -1.50. The van der Waals surface area contributed by atoms with E-state index in [2.05, 4.69) is 6.07 Å². The van der Waals surface area contributed by atoms with Crippen LogP contribution in [0.2, 0.25) is 0 Å². The SMILES string of the molecule is CCC(C(=O)N(C(=O)C(CC)c1ccccc1)c1sc(C)c(C)c1C#N)c1ccccc1. The summed E-state index contributed by atoms with van der Waals surface area (Å²) in [4.78, 5) is 30.1. The number of hydrogen-bond donors (Lipinski definition) is 0. The van der Waals surface area contributed by atoms with Crippen LogP contribution in [-0.4, -0.2) is 11.8 Å². The van der Waals surface area contributed by atoms with E-state index in [1.807, 2.05) is 88.4 Å². The Hall–Kier alpha value is -3.23. The molecule has 32 heavy (non-hydrogen) atoms. The number of anilines is 1. The Kier molecular flexibility index (Phi) is 7.61. The number of nitrogens with zero attached hydrogens (tertiary/aromatic N) is 2. The maximum Gasteiger partial charge on any atom is 0.241 e. The molecule has 0 N–H and O–H groups in total. The van der Waals surface area contributed by atoms with Crippen LogP contribution in [0.25, 0.3) is 0 Å². The summed E-state index contributed by atoms with van der Waals surface area (Å²) in [7, 11) is 0. The van der Waals surface area contributed by atoms with E-state index in [0.29, 0.717) is 23.4 Å². The third kappa shape index (κ3) is 4.51. The minimum Gasteiger partial charge on any atom is -0.273 e. The first-order valence-corrected chi connectivity index (χ1v) is 11.7. The Morgan fingerprint density at radius 3 is 1.69 bits per heavy atom. The van der Waals surface area contributed by atoms with Gasteiger partial charge in [0.2, 0.25) is 11.8 Å². The zero-order chi connectivity index (χ0) is 23.3. The van der Waals surface area contributed by atoms with Gasteiger partial charge >= 0.3 is 0 Å². The van der Waals surface area contributed by atoms with Crippen molar-refractivity contribution < 1.29 is 9.59 Å². The molecule has 2 aromatic carbocycles. The first-order chi connectivity index (χ1) is 15.4. The van der Waals surface area contributed by atoms with E-state index in [-0.39, 0.29) is 11.8 Å². The Labute approximate surface area is 194 Å². The molecule has 0 saturated heterocycles. The van der Waals surface area contributed by atoms with Crippen LogP contribution in [0.5, 0.6) is 0 Å². The van der Waals surface area contributed by atoms with Crippen LogP contribution < -0.4 is 4.90 Å². The van der Waals surface area contributed by atoms with Crippen molar-refractivity contribution in [2.45, 2.75) is 52.4 Å². The van der Waals surface area contributed by atoms with Gasteiger partial charge in [0.1, 0.15) is 11.1 Å². The molecule has 2 unspecified atom stereocenters. The number of imide groups is 1. The largest absolute Gasteiger partial charge is 0.273 e. The molecule has 5 heteroatoms. The highest BCUT2D eigenvalue weighted by atomic mass is 32.1. The summed E-state index contributed by atoms with van der Waals surface area (Å²) in [5.41, 5.74) is 2.96. The van der Waals surface area contributed by atoms with Crippen LogP contribution >= 0.6 is 11.3 Å². The van der Waals surface area contributed by atoms with Gasteiger partial charge in [-0.05, 0) is 43.4 Å². The molecule has 1 heterocycles. The van der Waals surface area contributed by atoms with Crippen LogP contribution in [0.3, 0.4) is 0 Å². The van der Waals surface area contributed by atoms with Gasteiger partial charge in [-0.1, -0.05) is 74.5 Å². The third-order valence-corrected chi connectivity index (χ3v) is 7.13. The van der Waals surface area contributed by atoms with E-state index in [9.17, 15) is 14.9 Å². The van der Waals surface area contributed by atoms with Gasteiger partial charge in [0.05, 0.1) is 17.4 Å². The van der Waals surface area contributed by atoms with Crippen molar-refractivity contribution in [1.82, 2.24) is 0 Å². The summed E-state index contributed by atoms with van der Waals surface area (Å²) >= 11 is 1.34. The number of rotatable bonds is 7. The highest BCUT2D eigenvalue weighted by Gasteiger charge is 2.37. The van der Waals surface area contributed by atoms with Crippen molar-refractivity contribution in [1.29, 1.82) is 5.26 Å². The molecule has 4 nitrogen and oxygen atoms in total. The molecule has 164 valence electrons. The predicted octanol–water partition coefficient (Wildman–Crippen LogP) is 6.48. The molecule has 2 amide bonds. The predicted molar refractivity (Wildman–Crippen MR) is 130 cm³/mol. The van der Waals surface area contributed by atoms with Gasteiger partial charge in [-0.3, -0.25) is 9.59 Å². The van der Waals surface area contributed by atoms with Crippen LogP contribution in [0.1, 0.15) is 65.7 Å². The van der Waals surface area contributed by atoms with Gasteiger partial charge in [-0.25, -0.2) is 4.90 Å². The lowest BCUT2D eigenvalue weighted by atomic mass is 9.92. The molecule has 2 atom stereocenters. The third-order valence-electron chi connectivity index (χ3n) is 5.94. The molecule has 0 saturated carbocycles. The number of carbonyl (C=O) groups excluding carboxylic acids is 2. The summed E-state index contributed by atoms with van der Waals surface area (Å²) in [6.45, 7) is 7.68. The Balaban J connectivity index is 2.16. The van der Waals surface area contributed by atoms with Crippen LogP contribution in [-0.2, 0) is 9.59 Å². The molecular formula is C27H28N2O2S. The number of amides is 2. The van der Waals surface area contributed by atoms with Gasteiger partial charge in [0.25, 0.3) is 0 Å². The zero-order valence-corrected chi connectivity index (χ0v) is 19.8. The maximum absolute atomic E-state index is 14.0. The summed E-state index contributed by atoms with van der Waals surface area (Å²) in [6, 6.07) is 21.3. The average Bonchev–Trinajstić information content (AvgIpc) is 3.09. The van der Waals surface area contributed by atoms with E-state index < -0.39 is 11.8 Å². The van der Waals surface area contributed by atoms with Gasteiger partial charge in [-0.15, -0.1) is 11.3 Å². The number of nitriles is 1. The number of aryl methyl sites for hydroxylation is 1. The normalized spacial score (nSPS) is 12.6. The second kappa shape index (κ2) is 10.4. The zero-order valence-electron chi connectivity index (χ0n) is 19.0. The van der Waals surface area contributed by atoms with Crippen molar-refractivity contribution in [2.75, 3.05) is 4.90 Å². The lowest BCUT2D eigenvalue weighted by Crippen LogP contribution is -2.42. The second-order valence-corrected chi connectivity index (χ2v) is 9.03. The summed E-state index contributed by atoms with van der Waals surface area (Å²) < 4.78 is 0. The first-order valence-electron chi connectivity index (χ1n) is 10.9. The molecule has 0 bridgehead atoms. The molecule has 0 fully saturated rings. The van der Waals surface area contributed by atoms with E-state index in [4.69, 9.17) is 0 Å². The van der Waals surface area contributed by atoms with Gasteiger partial charge in [0, 0.05) is 4.88 Å². The van der Waals surface area contributed by atoms with E-state index in [1.54, 1.807) is 0 Å². The molecular weight excluding hydrogens is 416 g/mol. The average molecular weight is 445 g/mol. The molecule has 0 spiro atoms. The van der Waals surface area contributed by atoms with E-state index in [1.165, 1.54) is 16.2 Å². The summed E-state index contributed by atoms with van der Waals surface area (Å²) in [5, 5.41) is 10.3. The highest BCUT2D eigenvalue weighted by molar-refractivity contribution is 7.17. The number of carbonyl (C=O) groups is 2. The minimum atomic E-state index is -0.470. The molecule has 1 aromatic heterocycles. The lowest BCUT2D eigenvalue weighted by molar-refractivity contribution is -0.128. The first kappa shape index (κ1) is 23.4. The molecule has 3 aromatic rings. The standard InChI is InChI=1S/C27H28N2O2S/c1-5-22(20-13-9-7-10-14-20)25(30)29(27-24(17-28)18(3)19(4)32-27)26(31)23(6-2)21-15-11-8-12-16-21/h7-16,22-23H,5-6H2,1-4H3. The van der Waals surface area contributed by atoms with Crippen molar-refractivity contribution >= 4 is 28.2 Å². The Morgan fingerprint density at radius 2 is 1.31 bits per heavy atom. The van der Waals surface area contributed by atoms with Gasteiger partial charge in [-0.2, -0.15) is 5.26 Å². The quantitative estimate of drug-likeness (QED) is 0.419. The van der Waals surface area contributed by atoms with E-state index in [0.717, 1.165) is 21.6 Å². The molecule has 0 radical (unpaired) electrons. The monoisotopic (exact) mass is 444 g/mol. The number of thiophene rings is 1. The van der Waals surface area contributed by atoms with Gasteiger partial charge < -0.3 is 0 Å². The van der Waals surface area contributed by atoms with Crippen molar-refractivity contribution in [2.24, 2.45) is 0 Å². The van der Waals surface area contributed by atoms with Crippen LogP contribution in [0.15, 0.2) is 60.7 Å². The fourth-order valence-corrected chi connectivity index (χ4v) is 5.11. The van der Waals surface area contributed by atoms with Crippen molar-refractivity contribution in [3.05, 3.63) is 87.8 Å². The smallest absolute Gasteiger partial charge is 0.241 e. The second-order valence-electron chi connectivity index (χ2n) is 7.83. The van der Waals surface area contributed by atoms with E-state index >= 15 is 0 Å². The number of benzene rings is 2. The maximum atomic E-state index is 14.0. The fraction of sp³-hybridized carbons (Fsp3) is 0.296. The molecule has 0 aliphatic rings. The summed E-state index contributed by atoms with van der Waals surface area (Å²) in [6.07, 6.45) is 1.11. The minimum absolute atomic E-state index is 0.282. The highest BCUT2D eigenvalue weighted by Crippen LogP contribution is 2.39. The topological polar surface area (TPSA) is 61.2 Å².